The molecule has 0 bridgehead atoms. The van der Waals surface area contributed by atoms with Crippen LogP contribution < -0.4 is 5.73 Å². The number of benzene rings is 1. The molecule has 1 heterocycles. The van der Waals surface area contributed by atoms with Gasteiger partial charge in [-0.2, -0.15) is 0 Å². The number of nitrogens with zero attached hydrogens (tertiary/aromatic N) is 1. The summed E-state index contributed by atoms with van der Waals surface area (Å²) in [5, 5.41) is 0. The van der Waals surface area contributed by atoms with E-state index in [1.807, 2.05) is 49.1 Å². The highest BCUT2D eigenvalue weighted by atomic mass is 16.5. The summed E-state index contributed by atoms with van der Waals surface area (Å²) in [5.41, 5.74) is 7.31. The van der Waals surface area contributed by atoms with Crippen molar-refractivity contribution in [3.05, 3.63) is 35.9 Å². The maximum Gasteiger partial charge on any atom is 0.246 e. The lowest BCUT2D eigenvalue weighted by Gasteiger charge is -2.34. The molecule has 0 radical (unpaired) electrons. The molecule has 0 aromatic heterocycles. The lowest BCUT2D eigenvalue weighted by atomic mass is 10.2. The molecule has 1 aromatic rings. The van der Waals surface area contributed by atoms with Gasteiger partial charge in [0, 0.05) is 24.9 Å². The molecule has 1 fully saturated rings. The lowest BCUT2D eigenvalue weighted by molar-refractivity contribution is -0.137. The molecule has 1 aliphatic heterocycles. The maximum atomic E-state index is 12.1. The van der Waals surface area contributed by atoms with Crippen molar-refractivity contribution in [2.75, 3.05) is 18.8 Å². The van der Waals surface area contributed by atoms with Crippen LogP contribution in [0.3, 0.4) is 0 Å². The topological polar surface area (TPSA) is 55.6 Å². The average molecular weight is 260 g/mol. The third-order valence-electron chi connectivity index (χ3n) is 3.09. The van der Waals surface area contributed by atoms with Crippen LogP contribution in [0.25, 0.3) is 6.08 Å². The molecule has 19 heavy (non-hydrogen) atoms. The fourth-order valence-corrected chi connectivity index (χ4v) is 2.24. The summed E-state index contributed by atoms with van der Waals surface area (Å²) in [5.74, 6) is 0.0267. The van der Waals surface area contributed by atoms with Crippen molar-refractivity contribution < 1.29 is 9.53 Å². The van der Waals surface area contributed by atoms with Crippen molar-refractivity contribution >= 4 is 17.7 Å². The van der Waals surface area contributed by atoms with Crippen molar-refractivity contribution in [1.82, 2.24) is 4.90 Å². The molecule has 2 N–H and O–H groups in total. The summed E-state index contributed by atoms with van der Waals surface area (Å²) in [6, 6.07) is 7.43. The molecule has 2 rings (SSSR count). The van der Waals surface area contributed by atoms with Crippen LogP contribution in [-0.2, 0) is 9.53 Å². The Hall–Kier alpha value is -1.81. The fraction of sp³-hybridized carbons (Fsp3) is 0.400. The van der Waals surface area contributed by atoms with Crippen LogP contribution in [0.5, 0.6) is 0 Å². The first-order chi connectivity index (χ1) is 9.04. The minimum atomic E-state index is 0.0267. The zero-order valence-corrected chi connectivity index (χ0v) is 11.4. The van der Waals surface area contributed by atoms with Crippen LogP contribution in [0.1, 0.15) is 19.4 Å². The number of nitrogen functional groups attached to an aromatic ring is 1. The SMILES string of the molecule is CC1CN(C(=O)/C=C/c2ccc(N)cc2)CC(C)O1. The zero-order valence-electron chi connectivity index (χ0n) is 11.4. The largest absolute Gasteiger partial charge is 0.399 e. The van der Waals surface area contributed by atoms with Crippen molar-refractivity contribution in [1.29, 1.82) is 0 Å². The van der Waals surface area contributed by atoms with Crippen LogP contribution in [0.15, 0.2) is 30.3 Å². The summed E-state index contributed by atoms with van der Waals surface area (Å²) in [4.78, 5) is 13.9. The lowest BCUT2D eigenvalue weighted by Crippen LogP contribution is -2.47. The molecule has 1 saturated heterocycles. The molecule has 1 aliphatic rings. The number of carbonyl (C=O) groups excluding carboxylic acids is 1. The van der Waals surface area contributed by atoms with Crippen molar-refractivity contribution in [3.8, 4) is 0 Å². The Morgan fingerprint density at radius 1 is 1.26 bits per heavy atom. The van der Waals surface area contributed by atoms with E-state index in [0.717, 1.165) is 11.3 Å². The van der Waals surface area contributed by atoms with E-state index in [1.165, 1.54) is 0 Å². The highest BCUT2D eigenvalue weighted by Crippen LogP contribution is 2.12. The third-order valence-corrected chi connectivity index (χ3v) is 3.09. The van der Waals surface area contributed by atoms with E-state index in [9.17, 15) is 4.79 Å². The monoisotopic (exact) mass is 260 g/mol. The second-order valence-electron chi connectivity index (χ2n) is 5.00. The van der Waals surface area contributed by atoms with E-state index in [4.69, 9.17) is 10.5 Å². The van der Waals surface area contributed by atoms with E-state index < -0.39 is 0 Å². The van der Waals surface area contributed by atoms with E-state index in [1.54, 1.807) is 6.08 Å². The summed E-state index contributed by atoms with van der Waals surface area (Å²) < 4.78 is 5.61. The van der Waals surface area contributed by atoms with Gasteiger partial charge in [-0.3, -0.25) is 4.79 Å². The van der Waals surface area contributed by atoms with Crippen molar-refractivity contribution in [3.63, 3.8) is 0 Å². The van der Waals surface area contributed by atoms with E-state index in [-0.39, 0.29) is 18.1 Å². The Morgan fingerprint density at radius 2 is 1.84 bits per heavy atom. The predicted octanol–water partition coefficient (Wildman–Crippen LogP) is 1.92. The Bertz CT molecular complexity index is 458. The molecule has 0 aliphatic carbocycles. The van der Waals surface area contributed by atoms with Gasteiger partial charge in [0.15, 0.2) is 0 Å². The van der Waals surface area contributed by atoms with Crippen LogP contribution in [0.4, 0.5) is 5.69 Å². The zero-order chi connectivity index (χ0) is 13.8. The summed E-state index contributed by atoms with van der Waals surface area (Å²) in [7, 11) is 0. The van der Waals surface area contributed by atoms with Crippen LogP contribution in [0.2, 0.25) is 0 Å². The Balaban J connectivity index is 1.98. The van der Waals surface area contributed by atoms with E-state index in [2.05, 4.69) is 0 Å². The van der Waals surface area contributed by atoms with Crippen molar-refractivity contribution in [2.24, 2.45) is 0 Å². The van der Waals surface area contributed by atoms with Gasteiger partial charge in [-0.15, -0.1) is 0 Å². The van der Waals surface area contributed by atoms with Crippen LogP contribution >= 0.6 is 0 Å². The number of anilines is 1. The number of nitrogens with two attached hydrogens (primary N) is 1. The number of carbonyl (C=O) groups is 1. The number of ether oxygens (including phenoxy) is 1. The van der Waals surface area contributed by atoms with Gasteiger partial charge < -0.3 is 15.4 Å². The molecule has 1 amide bonds. The molecule has 2 unspecified atom stereocenters. The Kier molecular flexibility index (Phi) is 4.22. The Labute approximate surface area is 113 Å². The van der Waals surface area contributed by atoms with Crippen LogP contribution in [0, 0.1) is 0 Å². The molecule has 102 valence electrons. The first kappa shape index (κ1) is 13.6. The van der Waals surface area contributed by atoms with Gasteiger partial charge in [0.25, 0.3) is 0 Å². The highest BCUT2D eigenvalue weighted by molar-refractivity contribution is 5.91. The number of amides is 1. The molecule has 0 spiro atoms. The minimum absolute atomic E-state index is 0.0267. The number of rotatable bonds is 2. The van der Waals surface area contributed by atoms with Gasteiger partial charge in [0.2, 0.25) is 5.91 Å². The van der Waals surface area contributed by atoms with E-state index >= 15 is 0 Å². The van der Waals surface area contributed by atoms with Gasteiger partial charge >= 0.3 is 0 Å². The first-order valence-electron chi connectivity index (χ1n) is 6.52. The fourth-order valence-electron chi connectivity index (χ4n) is 2.24. The summed E-state index contributed by atoms with van der Waals surface area (Å²) >= 11 is 0. The van der Waals surface area contributed by atoms with Crippen molar-refractivity contribution in [2.45, 2.75) is 26.1 Å². The standard InChI is InChI=1S/C15H20N2O2/c1-11-9-17(10-12(2)19-11)15(18)8-5-13-3-6-14(16)7-4-13/h3-8,11-12H,9-10,16H2,1-2H3/b8-5+. The quantitative estimate of drug-likeness (QED) is 0.653. The molecule has 1 aromatic carbocycles. The average Bonchev–Trinajstić information content (AvgIpc) is 2.36. The summed E-state index contributed by atoms with van der Waals surface area (Å²) in [6.07, 6.45) is 3.61. The smallest absolute Gasteiger partial charge is 0.246 e. The highest BCUT2D eigenvalue weighted by Gasteiger charge is 2.24. The maximum absolute atomic E-state index is 12.1. The number of hydrogen-bond donors (Lipinski definition) is 1. The molecular formula is C15H20N2O2. The van der Waals surface area contributed by atoms with Crippen LogP contribution in [-0.4, -0.2) is 36.1 Å². The minimum Gasteiger partial charge on any atom is -0.399 e. The Morgan fingerprint density at radius 3 is 2.42 bits per heavy atom. The molecule has 4 heteroatoms. The number of morpholine rings is 1. The predicted molar refractivity (Wildman–Crippen MR) is 76.5 cm³/mol. The first-order valence-corrected chi connectivity index (χ1v) is 6.52. The molecule has 0 saturated carbocycles. The third kappa shape index (κ3) is 3.83. The van der Waals surface area contributed by atoms with Gasteiger partial charge in [-0.1, -0.05) is 12.1 Å². The van der Waals surface area contributed by atoms with Gasteiger partial charge in [0.1, 0.15) is 0 Å². The van der Waals surface area contributed by atoms with Gasteiger partial charge in [-0.05, 0) is 37.6 Å². The van der Waals surface area contributed by atoms with Gasteiger partial charge in [0.05, 0.1) is 12.2 Å². The summed E-state index contributed by atoms with van der Waals surface area (Å²) in [6.45, 7) is 5.27. The molecule has 2 atom stereocenters. The normalized spacial score (nSPS) is 23.8. The second-order valence-corrected chi connectivity index (χ2v) is 5.00. The van der Waals surface area contributed by atoms with Gasteiger partial charge in [-0.25, -0.2) is 0 Å². The van der Waals surface area contributed by atoms with E-state index in [0.29, 0.717) is 13.1 Å². The second kappa shape index (κ2) is 5.89. The molecule has 4 nitrogen and oxygen atoms in total. The molecular weight excluding hydrogens is 240 g/mol. The number of hydrogen-bond acceptors (Lipinski definition) is 3.